The summed E-state index contributed by atoms with van der Waals surface area (Å²) < 4.78 is 0. The minimum Gasteiger partial charge on any atom is -0.298 e. The second kappa shape index (κ2) is 3.15. The van der Waals surface area contributed by atoms with Crippen molar-refractivity contribution in [2.45, 2.75) is 12.2 Å². The molecule has 0 aromatic carbocycles. The highest BCUT2D eigenvalue weighted by atomic mass is 15.3. The second-order valence-corrected chi connectivity index (χ2v) is 3.09. The topological polar surface area (TPSA) is 64.0 Å². The fourth-order valence-electron chi connectivity index (χ4n) is 1.69. The van der Waals surface area contributed by atoms with Gasteiger partial charge in [-0.1, -0.05) is 17.3 Å². The molecule has 5 nitrogen and oxygen atoms in total. The SMILES string of the molecule is [N-]=[N+]=NC1CNC2C=CCN2C1. The van der Waals surface area contributed by atoms with Crippen molar-refractivity contribution in [2.24, 2.45) is 5.11 Å². The average Bonchev–Trinajstić information content (AvgIpc) is 2.51. The van der Waals surface area contributed by atoms with Crippen molar-refractivity contribution >= 4 is 0 Å². The number of fused-ring (bicyclic) bond motifs is 1. The summed E-state index contributed by atoms with van der Waals surface area (Å²) in [6.07, 6.45) is 4.65. The summed E-state index contributed by atoms with van der Waals surface area (Å²) >= 11 is 0. The summed E-state index contributed by atoms with van der Waals surface area (Å²) in [5, 5.41) is 6.98. The van der Waals surface area contributed by atoms with Crippen LogP contribution >= 0.6 is 0 Å². The van der Waals surface area contributed by atoms with Crippen LogP contribution in [0.5, 0.6) is 0 Å². The second-order valence-electron chi connectivity index (χ2n) is 3.09. The molecule has 0 bridgehead atoms. The van der Waals surface area contributed by atoms with Gasteiger partial charge in [0.05, 0.1) is 12.2 Å². The molecule has 0 aliphatic carbocycles. The standard InChI is InChI=1S/C7H11N5/c8-11-10-6-4-9-7-2-1-3-12(7)5-6/h1-2,6-7,9H,3-5H2. The van der Waals surface area contributed by atoms with Crippen LogP contribution in [0.4, 0.5) is 0 Å². The minimum absolute atomic E-state index is 0.0890. The van der Waals surface area contributed by atoms with Crippen LogP contribution in [0.2, 0.25) is 0 Å². The van der Waals surface area contributed by atoms with Crippen LogP contribution in [0.15, 0.2) is 17.3 Å². The summed E-state index contributed by atoms with van der Waals surface area (Å²) in [4.78, 5) is 5.06. The van der Waals surface area contributed by atoms with Gasteiger partial charge in [0.15, 0.2) is 0 Å². The van der Waals surface area contributed by atoms with Crippen LogP contribution < -0.4 is 5.32 Å². The Morgan fingerprint density at radius 1 is 1.67 bits per heavy atom. The third kappa shape index (κ3) is 1.30. The number of azide groups is 1. The van der Waals surface area contributed by atoms with E-state index in [-0.39, 0.29) is 6.04 Å². The van der Waals surface area contributed by atoms with E-state index in [2.05, 4.69) is 32.4 Å². The summed E-state index contributed by atoms with van der Waals surface area (Å²) in [6, 6.07) is 0.0890. The van der Waals surface area contributed by atoms with Gasteiger partial charge in [0.1, 0.15) is 0 Å². The molecule has 2 unspecified atom stereocenters. The van der Waals surface area contributed by atoms with Gasteiger partial charge < -0.3 is 0 Å². The monoisotopic (exact) mass is 165 g/mol. The zero-order chi connectivity index (χ0) is 8.39. The van der Waals surface area contributed by atoms with Crippen LogP contribution in [0, 0.1) is 0 Å². The van der Waals surface area contributed by atoms with Crippen molar-refractivity contribution < 1.29 is 0 Å². The first kappa shape index (κ1) is 7.61. The summed E-state index contributed by atoms with van der Waals surface area (Å²) in [6.45, 7) is 2.62. The maximum Gasteiger partial charge on any atom is 0.0792 e. The molecular formula is C7H11N5. The van der Waals surface area contributed by atoms with Crippen molar-refractivity contribution in [1.82, 2.24) is 10.2 Å². The number of nitrogens with one attached hydrogen (secondary N) is 1. The molecule has 2 atom stereocenters. The van der Waals surface area contributed by atoms with Gasteiger partial charge in [-0.3, -0.25) is 10.2 Å². The van der Waals surface area contributed by atoms with E-state index in [1.807, 2.05) is 0 Å². The highest BCUT2D eigenvalue weighted by Crippen LogP contribution is 2.13. The third-order valence-corrected chi connectivity index (χ3v) is 2.27. The molecule has 5 heteroatoms. The van der Waals surface area contributed by atoms with Gasteiger partial charge in [-0.05, 0) is 5.53 Å². The normalized spacial score (nSPS) is 34.3. The Bertz CT molecular complexity index is 242. The number of hydrogen-bond donors (Lipinski definition) is 1. The smallest absolute Gasteiger partial charge is 0.0792 e. The molecule has 0 radical (unpaired) electrons. The van der Waals surface area contributed by atoms with Gasteiger partial charge in [0, 0.05) is 24.5 Å². The van der Waals surface area contributed by atoms with E-state index in [1.165, 1.54) is 0 Å². The van der Waals surface area contributed by atoms with Crippen LogP contribution in [-0.2, 0) is 0 Å². The van der Waals surface area contributed by atoms with E-state index < -0.39 is 0 Å². The van der Waals surface area contributed by atoms with Crippen LogP contribution in [0.1, 0.15) is 0 Å². The molecule has 1 fully saturated rings. The first-order valence-electron chi connectivity index (χ1n) is 4.08. The lowest BCUT2D eigenvalue weighted by molar-refractivity contribution is 0.180. The summed E-state index contributed by atoms with van der Waals surface area (Å²) in [7, 11) is 0. The zero-order valence-corrected chi connectivity index (χ0v) is 6.72. The Hall–Kier alpha value is -1.03. The molecule has 1 saturated heterocycles. The fraction of sp³-hybridized carbons (Fsp3) is 0.714. The van der Waals surface area contributed by atoms with Gasteiger partial charge in [0.2, 0.25) is 0 Å². The minimum atomic E-state index is 0.0890. The van der Waals surface area contributed by atoms with E-state index in [1.54, 1.807) is 0 Å². The van der Waals surface area contributed by atoms with Crippen molar-refractivity contribution in [3.63, 3.8) is 0 Å². The van der Waals surface area contributed by atoms with Crippen molar-refractivity contribution in [3.8, 4) is 0 Å². The van der Waals surface area contributed by atoms with Crippen LogP contribution in [-0.4, -0.2) is 36.7 Å². The third-order valence-electron chi connectivity index (χ3n) is 2.27. The predicted octanol–water partition coefficient (Wildman–Crippen LogP) is 0.466. The molecule has 0 aromatic rings. The Kier molecular flexibility index (Phi) is 1.99. The zero-order valence-electron chi connectivity index (χ0n) is 6.72. The maximum absolute atomic E-state index is 8.26. The molecule has 0 saturated carbocycles. The molecular weight excluding hydrogens is 154 g/mol. The molecule has 2 aliphatic rings. The van der Waals surface area contributed by atoms with Gasteiger partial charge in [-0.15, -0.1) is 0 Å². The molecule has 0 amide bonds. The average molecular weight is 165 g/mol. The molecule has 2 rings (SSSR count). The van der Waals surface area contributed by atoms with E-state index in [0.717, 1.165) is 19.6 Å². The summed E-state index contributed by atoms with van der Waals surface area (Å²) in [5.74, 6) is 0. The highest BCUT2D eigenvalue weighted by Gasteiger charge is 2.27. The highest BCUT2D eigenvalue weighted by molar-refractivity contribution is 5.06. The first-order valence-corrected chi connectivity index (χ1v) is 4.08. The van der Waals surface area contributed by atoms with Crippen LogP contribution in [0.25, 0.3) is 10.4 Å². The van der Waals surface area contributed by atoms with Crippen molar-refractivity contribution in [2.75, 3.05) is 19.6 Å². The van der Waals surface area contributed by atoms with Gasteiger partial charge in [0.25, 0.3) is 0 Å². The van der Waals surface area contributed by atoms with E-state index in [0.29, 0.717) is 6.17 Å². The molecule has 1 N–H and O–H groups in total. The lowest BCUT2D eigenvalue weighted by Crippen LogP contribution is -2.53. The lowest BCUT2D eigenvalue weighted by Gasteiger charge is -2.33. The predicted molar refractivity (Wildman–Crippen MR) is 45.4 cm³/mol. The van der Waals surface area contributed by atoms with Gasteiger partial charge in [-0.25, -0.2) is 0 Å². The van der Waals surface area contributed by atoms with Crippen molar-refractivity contribution in [1.29, 1.82) is 0 Å². The molecule has 0 spiro atoms. The fourth-order valence-corrected chi connectivity index (χ4v) is 1.69. The Balaban J connectivity index is 1.98. The maximum atomic E-state index is 8.26. The van der Waals surface area contributed by atoms with Crippen LogP contribution in [0.3, 0.4) is 0 Å². The quantitative estimate of drug-likeness (QED) is 0.265. The molecule has 0 aromatic heterocycles. The number of rotatable bonds is 1. The van der Waals surface area contributed by atoms with E-state index >= 15 is 0 Å². The Morgan fingerprint density at radius 2 is 2.58 bits per heavy atom. The summed E-state index contributed by atoms with van der Waals surface area (Å²) in [5.41, 5.74) is 8.26. The van der Waals surface area contributed by atoms with E-state index in [4.69, 9.17) is 5.53 Å². The van der Waals surface area contributed by atoms with Gasteiger partial charge >= 0.3 is 0 Å². The molecule has 64 valence electrons. The van der Waals surface area contributed by atoms with E-state index in [9.17, 15) is 0 Å². The lowest BCUT2D eigenvalue weighted by atomic mass is 10.2. The first-order chi connectivity index (χ1) is 5.90. The Labute approximate surface area is 70.7 Å². The number of nitrogens with zero attached hydrogens (tertiary/aromatic N) is 4. The largest absolute Gasteiger partial charge is 0.298 e. The van der Waals surface area contributed by atoms with Crippen molar-refractivity contribution in [3.05, 3.63) is 22.6 Å². The Morgan fingerprint density at radius 3 is 3.42 bits per heavy atom. The molecule has 2 aliphatic heterocycles. The number of hydrogen-bond acceptors (Lipinski definition) is 3. The molecule has 2 heterocycles. The van der Waals surface area contributed by atoms with Gasteiger partial charge in [-0.2, -0.15) is 0 Å². The molecule has 12 heavy (non-hydrogen) atoms.